The summed E-state index contributed by atoms with van der Waals surface area (Å²) in [4.78, 5) is 2.50. The standard InChI is InChI=1S/C16H25ClN2O/c1-11(2)19(10-12-4-5-12)15(9-18)13-6-7-16(20-3)14(17)8-13/h6-8,11-12,15H,4-5,9-10,18H2,1-3H3. The van der Waals surface area contributed by atoms with Crippen LogP contribution >= 0.6 is 11.6 Å². The highest BCUT2D eigenvalue weighted by Crippen LogP contribution is 2.35. The zero-order valence-electron chi connectivity index (χ0n) is 12.6. The topological polar surface area (TPSA) is 38.5 Å². The van der Waals surface area contributed by atoms with E-state index in [2.05, 4.69) is 24.8 Å². The third-order valence-electron chi connectivity index (χ3n) is 4.01. The van der Waals surface area contributed by atoms with E-state index in [1.54, 1.807) is 7.11 Å². The van der Waals surface area contributed by atoms with Crippen LogP contribution in [0.3, 0.4) is 0 Å². The third-order valence-corrected chi connectivity index (χ3v) is 4.31. The van der Waals surface area contributed by atoms with Crippen molar-refractivity contribution in [3.8, 4) is 5.75 Å². The number of hydrogen-bond donors (Lipinski definition) is 1. The molecule has 0 saturated heterocycles. The summed E-state index contributed by atoms with van der Waals surface area (Å²) in [7, 11) is 1.63. The summed E-state index contributed by atoms with van der Waals surface area (Å²) in [5.74, 6) is 1.56. The van der Waals surface area contributed by atoms with Crippen molar-refractivity contribution < 1.29 is 4.74 Å². The smallest absolute Gasteiger partial charge is 0.137 e. The molecule has 2 rings (SSSR count). The fourth-order valence-corrected chi connectivity index (χ4v) is 2.92. The molecule has 0 aromatic heterocycles. The summed E-state index contributed by atoms with van der Waals surface area (Å²) >= 11 is 6.25. The highest BCUT2D eigenvalue weighted by atomic mass is 35.5. The van der Waals surface area contributed by atoms with Crippen LogP contribution in [0.25, 0.3) is 0 Å². The van der Waals surface area contributed by atoms with E-state index in [0.717, 1.165) is 12.5 Å². The lowest BCUT2D eigenvalue weighted by atomic mass is 10.0. The minimum Gasteiger partial charge on any atom is -0.495 e. The maximum Gasteiger partial charge on any atom is 0.137 e. The van der Waals surface area contributed by atoms with Gasteiger partial charge >= 0.3 is 0 Å². The summed E-state index contributed by atoms with van der Waals surface area (Å²) in [5.41, 5.74) is 7.22. The van der Waals surface area contributed by atoms with E-state index in [4.69, 9.17) is 22.1 Å². The van der Waals surface area contributed by atoms with Gasteiger partial charge in [-0.25, -0.2) is 0 Å². The molecule has 1 unspecified atom stereocenters. The van der Waals surface area contributed by atoms with Gasteiger partial charge in [-0.1, -0.05) is 17.7 Å². The number of benzene rings is 1. The lowest BCUT2D eigenvalue weighted by Crippen LogP contribution is -2.40. The van der Waals surface area contributed by atoms with E-state index >= 15 is 0 Å². The van der Waals surface area contributed by atoms with E-state index in [9.17, 15) is 0 Å². The van der Waals surface area contributed by atoms with E-state index in [1.165, 1.54) is 18.4 Å². The predicted octanol–water partition coefficient (Wildman–Crippen LogP) is 3.47. The van der Waals surface area contributed by atoms with Crippen LogP contribution in [-0.4, -0.2) is 31.1 Å². The molecule has 4 heteroatoms. The Balaban J connectivity index is 2.22. The van der Waals surface area contributed by atoms with Gasteiger partial charge in [0.2, 0.25) is 0 Å². The molecule has 1 aliphatic carbocycles. The lowest BCUT2D eigenvalue weighted by molar-refractivity contribution is 0.149. The lowest BCUT2D eigenvalue weighted by Gasteiger charge is -2.35. The third kappa shape index (κ3) is 3.66. The maximum absolute atomic E-state index is 6.25. The Hall–Kier alpha value is -0.770. The van der Waals surface area contributed by atoms with Crippen LogP contribution in [0.1, 0.15) is 38.3 Å². The van der Waals surface area contributed by atoms with E-state index < -0.39 is 0 Å². The molecule has 0 spiro atoms. The quantitative estimate of drug-likeness (QED) is 0.837. The first kappa shape index (κ1) is 15.6. The van der Waals surface area contributed by atoms with Crippen LogP contribution in [0.4, 0.5) is 0 Å². The summed E-state index contributed by atoms with van der Waals surface area (Å²) in [6.07, 6.45) is 2.70. The van der Waals surface area contributed by atoms with Crippen LogP contribution in [0, 0.1) is 5.92 Å². The maximum atomic E-state index is 6.25. The summed E-state index contributed by atoms with van der Waals surface area (Å²) in [5, 5.41) is 0.651. The summed E-state index contributed by atoms with van der Waals surface area (Å²) in [6, 6.07) is 6.68. The minimum atomic E-state index is 0.221. The Labute approximate surface area is 127 Å². The van der Waals surface area contributed by atoms with Gasteiger partial charge in [-0.15, -0.1) is 0 Å². The van der Waals surface area contributed by atoms with Gasteiger partial charge in [-0.05, 0) is 50.3 Å². The van der Waals surface area contributed by atoms with E-state index in [0.29, 0.717) is 23.4 Å². The Morgan fingerprint density at radius 1 is 1.40 bits per heavy atom. The van der Waals surface area contributed by atoms with Crippen molar-refractivity contribution in [3.63, 3.8) is 0 Å². The van der Waals surface area contributed by atoms with Gasteiger partial charge in [0.15, 0.2) is 0 Å². The molecule has 1 aliphatic rings. The van der Waals surface area contributed by atoms with Crippen LogP contribution in [-0.2, 0) is 0 Å². The van der Waals surface area contributed by atoms with Crippen LogP contribution < -0.4 is 10.5 Å². The first-order valence-corrected chi connectivity index (χ1v) is 7.73. The number of halogens is 1. The Bertz CT molecular complexity index is 446. The molecule has 0 radical (unpaired) electrons. The van der Waals surface area contributed by atoms with Gasteiger partial charge in [0, 0.05) is 25.2 Å². The van der Waals surface area contributed by atoms with Crippen molar-refractivity contribution in [2.24, 2.45) is 11.7 Å². The molecule has 1 saturated carbocycles. The molecule has 0 heterocycles. The van der Waals surface area contributed by atoms with Crippen molar-refractivity contribution in [2.45, 2.75) is 38.8 Å². The molecule has 1 aromatic rings. The highest BCUT2D eigenvalue weighted by molar-refractivity contribution is 6.32. The fourth-order valence-electron chi connectivity index (χ4n) is 2.65. The van der Waals surface area contributed by atoms with Crippen molar-refractivity contribution in [3.05, 3.63) is 28.8 Å². The zero-order chi connectivity index (χ0) is 14.7. The number of methoxy groups -OCH3 is 1. The molecule has 1 atom stereocenters. The van der Waals surface area contributed by atoms with E-state index in [-0.39, 0.29) is 6.04 Å². The number of rotatable bonds is 7. The van der Waals surface area contributed by atoms with Crippen molar-refractivity contribution in [1.82, 2.24) is 4.90 Å². The largest absolute Gasteiger partial charge is 0.495 e. The second-order valence-corrected chi connectivity index (χ2v) is 6.29. The molecule has 1 aromatic carbocycles. The molecule has 1 fully saturated rings. The second kappa shape index (κ2) is 6.79. The number of nitrogens with two attached hydrogens (primary N) is 1. The monoisotopic (exact) mass is 296 g/mol. The molecule has 112 valence electrons. The summed E-state index contributed by atoms with van der Waals surface area (Å²) < 4.78 is 5.22. The molecule has 2 N–H and O–H groups in total. The van der Waals surface area contributed by atoms with Gasteiger partial charge in [0.1, 0.15) is 5.75 Å². The predicted molar refractivity (Wildman–Crippen MR) is 84.4 cm³/mol. The zero-order valence-corrected chi connectivity index (χ0v) is 13.4. The van der Waals surface area contributed by atoms with Gasteiger partial charge in [-0.3, -0.25) is 4.90 Å². The van der Waals surface area contributed by atoms with Gasteiger partial charge in [0.05, 0.1) is 12.1 Å². The van der Waals surface area contributed by atoms with Crippen LogP contribution in [0.15, 0.2) is 18.2 Å². The first-order chi connectivity index (χ1) is 9.56. The van der Waals surface area contributed by atoms with E-state index in [1.807, 2.05) is 12.1 Å². The Morgan fingerprint density at radius 3 is 2.55 bits per heavy atom. The highest BCUT2D eigenvalue weighted by Gasteiger charge is 2.30. The first-order valence-electron chi connectivity index (χ1n) is 7.36. The average molecular weight is 297 g/mol. The number of hydrogen-bond acceptors (Lipinski definition) is 3. The molecular formula is C16H25ClN2O. The molecular weight excluding hydrogens is 272 g/mol. The Kier molecular flexibility index (Phi) is 5.30. The molecule has 3 nitrogen and oxygen atoms in total. The molecule has 0 bridgehead atoms. The Morgan fingerprint density at radius 2 is 2.10 bits per heavy atom. The van der Waals surface area contributed by atoms with Gasteiger partial charge in [0.25, 0.3) is 0 Å². The van der Waals surface area contributed by atoms with Crippen molar-refractivity contribution >= 4 is 11.6 Å². The summed E-state index contributed by atoms with van der Waals surface area (Å²) in [6.45, 7) is 6.20. The fraction of sp³-hybridized carbons (Fsp3) is 0.625. The molecule has 0 amide bonds. The normalized spacial score (nSPS) is 16.8. The van der Waals surface area contributed by atoms with Gasteiger partial charge < -0.3 is 10.5 Å². The SMILES string of the molecule is COc1ccc(C(CN)N(CC2CC2)C(C)C)cc1Cl. The van der Waals surface area contributed by atoms with Gasteiger partial charge in [-0.2, -0.15) is 0 Å². The van der Waals surface area contributed by atoms with Crippen molar-refractivity contribution in [1.29, 1.82) is 0 Å². The van der Waals surface area contributed by atoms with Crippen LogP contribution in [0.2, 0.25) is 5.02 Å². The van der Waals surface area contributed by atoms with Crippen LogP contribution in [0.5, 0.6) is 5.75 Å². The molecule has 20 heavy (non-hydrogen) atoms. The second-order valence-electron chi connectivity index (χ2n) is 5.88. The molecule has 0 aliphatic heterocycles. The number of ether oxygens (including phenoxy) is 1. The van der Waals surface area contributed by atoms with Crippen molar-refractivity contribution in [2.75, 3.05) is 20.2 Å². The average Bonchev–Trinajstić information content (AvgIpc) is 3.22. The number of nitrogens with zero attached hydrogens (tertiary/aromatic N) is 1. The minimum absolute atomic E-state index is 0.221.